The van der Waals surface area contributed by atoms with E-state index in [1.165, 1.54) is 0 Å². The molecule has 1 heterocycles. The van der Waals surface area contributed by atoms with Gasteiger partial charge < -0.3 is 0 Å². The van der Waals surface area contributed by atoms with Gasteiger partial charge in [0.15, 0.2) is 5.78 Å². The number of Topliss-reactive ketones (excluding diaryl/α,β-unsaturated/α-hetero) is 1. The van der Waals surface area contributed by atoms with E-state index in [0.717, 1.165) is 54.0 Å². The molecule has 4 atom stereocenters. The summed E-state index contributed by atoms with van der Waals surface area (Å²) >= 11 is 0.943. The summed E-state index contributed by atoms with van der Waals surface area (Å²) in [6.45, 7) is 8.66. The van der Waals surface area contributed by atoms with Gasteiger partial charge in [0, 0.05) is 24.2 Å². The van der Waals surface area contributed by atoms with Crippen LogP contribution in [0.25, 0.3) is 0 Å². The van der Waals surface area contributed by atoms with Crippen molar-refractivity contribution in [3.63, 3.8) is 0 Å². The number of benzene rings is 2. The summed E-state index contributed by atoms with van der Waals surface area (Å²) < 4.78 is 46.4. The van der Waals surface area contributed by atoms with E-state index in [0.29, 0.717) is 22.6 Å². The van der Waals surface area contributed by atoms with Gasteiger partial charge in [-0.25, -0.2) is 13.2 Å². The van der Waals surface area contributed by atoms with Crippen LogP contribution < -0.4 is 0 Å². The molecule has 34 heavy (non-hydrogen) atoms. The van der Waals surface area contributed by atoms with Crippen LogP contribution >= 0.6 is 11.9 Å². The molecule has 182 valence electrons. The number of hydrogen-bond donors (Lipinski definition) is 0. The second-order valence-electron chi connectivity index (χ2n) is 9.75. The highest BCUT2D eigenvalue weighted by molar-refractivity contribution is 7.99. The molecule has 3 nitrogen and oxygen atoms in total. The second-order valence-corrected chi connectivity index (χ2v) is 12.4. The molecule has 0 amide bonds. The lowest BCUT2D eigenvalue weighted by Crippen LogP contribution is -2.39. The third kappa shape index (κ3) is 4.41. The van der Waals surface area contributed by atoms with Crippen LogP contribution in [0.3, 0.4) is 0 Å². The van der Waals surface area contributed by atoms with Gasteiger partial charge in [-0.15, -0.1) is 0 Å². The second kappa shape index (κ2) is 9.30. The van der Waals surface area contributed by atoms with Gasteiger partial charge in [0.2, 0.25) is 0 Å². The first-order valence-electron chi connectivity index (χ1n) is 11.7. The van der Waals surface area contributed by atoms with Gasteiger partial charge in [0.05, 0.1) is 21.8 Å². The van der Waals surface area contributed by atoms with Crippen molar-refractivity contribution in [1.29, 1.82) is 0 Å². The van der Waals surface area contributed by atoms with E-state index in [-0.39, 0.29) is 18.1 Å². The molecular weight excluding hydrogens is 472 g/mol. The topological polar surface area (TPSA) is 46.5 Å². The van der Waals surface area contributed by atoms with Crippen molar-refractivity contribution in [2.75, 3.05) is 0 Å². The molecule has 7 heteroatoms. The summed E-state index contributed by atoms with van der Waals surface area (Å²) in [6, 6.07) is 11.1. The Hall–Kier alpha value is -1.86. The third-order valence-corrected chi connectivity index (χ3v) is 10.3. The van der Waals surface area contributed by atoms with Crippen molar-refractivity contribution in [3.8, 4) is 0 Å². The molecule has 0 spiro atoms. The van der Waals surface area contributed by atoms with E-state index in [4.69, 9.17) is 0 Å². The summed E-state index contributed by atoms with van der Waals surface area (Å²) in [4.78, 5) is 13.2. The minimum atomic E-state index is -2.99. The summed E-state index contributed by atoms with van der Waals surface area (Å²) in [7, 11) is -1.41. The standard InChI is InChI=1S/C27H31F2NO2S2/c1-6-19-7-10-24(25(19)31)34(32)23-9-8-20(14-18(23)4)22-15-27(33-30-22,26(5,28)29)21-12-16(2)11-17(3)13-21/h8-9,11-14,19,24H,6-7,10,15H2,1-5H3. The maximum absolute atomic E-state index is 15.1. The first-order valence-corrected chi connectivity index (χ1v) is 13.7. The molecule has 4 unspecified atom stereocenters. The maximum atomic E-state index is 15.1. The molecule has 4 rings (SSSR count). The fourth-order valence-electron chi connectivity index (χ4n) is 5.17. The molecule has 0 bridgehead atoms. The average Bonchev–Trinajstić information content (AvgIpc) is 3.37. The molecule has 0 aromatic heterocycles. The van der Waals surface area contributed by atoms with Crippen molar-refractivity contribution < 1.29 is 17.8 Å². The molecule has 2 aromatic carbocycles. The zero-order chi connectivity index (χ0) is 24.8. The Balaban J connectivity index is 1.62. The number of ketones is 1. The van der Waals surface area contributed by atoms with E-state index in [1.54, 1.807) is 6.07 Å². The third-order valence-electron chi connectivity index (χ3n) is 7.10. The monoisotopic (exact) mass is 503 g/mol. The van der Waals surface area contributed by atoms with Crippen molar-refractivity contribution in [2.24, 2.45) is 10.3 Å². The molecular formula is C27H31F2NO2S2. The average molecular weight is 504 g/mol. The summed E-state index contributed by atoms with van der Waals surface area (Å²) in [5.74, 6) is -2.88. The Bertz CT molecular complexity index is 1170. The van der Waals surface area contributed by atoms with Gasteiger partial charge in [-0.3, -0.25) is 9.00 Å². The van der Waals surface area contributed by atoms with Gasteiger partial charge in [-0.2, -0.15) is 0 Å². The summed E-state index contributed by atoms with van der Waals surface area (Å²) in [6.07, 6.45) is 2.33. The first-order chi connectivity index (χ1) is 16.0. The van der Waals surface area contributed by atoms with Gasteiger partial charge in [-0.05, 0) is 80.8 Å². The van der Waals surface area contributed by atoms with Crippen molar-refractivity contribution in [3.05, 3.63) is 64.2 Å². The number of rotatable bonds is 6. The molecule has 0 radical (unpaired) electrons. The molecule has 1 aliphatic carbocycles. The highest BCUT2D eigenvalue weighted by Crippen LogP contribution is 2.56. The number of hydrogen-bond acceptors (Lipinski definition) is 4. The van der Waals surface area contributed by atoms with Crippen LogP contribution in [0.2, 0.25) is 0 Å². The first kappa shape index (κ1) is 25.2. The zero-order valence-corrected chi connectivity index (χ0v) is 21.9. The van der Waals surface area contributed by atoms with Crippen LogP contribution in [0.1, 0.15) is 67.3 Å². The molecule has 1 aliphatic heterocycles. The lowest BCUT2D eigenvalue weighted by molar-refractivity contribution is -0.120. The maximum Gasteiger partial charge on any atom is 0.266 e. The van der Waals surface area contributed by atoms with Crippen LogP contribution in [0, 0.1) is 26.7 Å². The highest BCUT2D eigenvalue weighted by atomic mass is 32.2. The Morgan fingerprint density at radius 1 is 1.12 bits per heavy atom. The van der Waals surface area contributed by atoms with Gasteiger partial charge >= 0.3 is 0 Å². The smallest absolute Gasteiger partial charge is 0.266 e. The summed E-state index contributed by atoms with van der Waals surface area (Å²) in [5, 5.41) is -0.454. The molecule has 1 fully saturated rings. The fourth-order valence-corrected chi connectivity index (χ4v) is 7.82. The van der Waals surface area contributed by atoms with Crippen molar-refractivity contribution in [2.45, 2.75) is 81.1 Å². The molecule has 2 aliphatic rings. The molecule has 0 saturated heterocycles. The number of nitrogens with zero attached hydrogens (tertiary/aromatic N) is 1. The quantitative estimate of drug-likeness (QED) is 0.404. The summed E-state index contributed by atoms with van der Waals surface area (Å²) in [5.41, 5.74) is 4.63. The number of carbonyl (C=O) groups is 1. The number of halogens is 2. The Labute approximate surface area is 207 Å². The van der Waals surface area contributed by atoms with Crippen LogP contribution in [0.4, 0.5) is 8.78 Å². The number of carbonyl (C=O) groups excluding carboxylic acids is 1. The van der Waals surface area contributed by atoms with Crippen LogP contribution in [-0.2, 0) is 20.3 Å². The minimum absolute atomic E-state index is 0.00694. The number of alkyl halides is 2. The largest absolute Gasteiger partial charge is 0.298 e. The minimum Gasteiger partial charge on any atom is -0.298 e. The Morgan fingerprint density at radius 3 is 2.35 bits per heavy atom. The van der Waals surface area contributed by atoms with E-state index in [1.807, 2.05) is 58.0 Å². The lowest BCUT2D eigenvalue weighted by Gasteiger charge is -2.34. The van der Waals surface area contributed by atoms with Gasteiger partial charge in [0.25, 0.3) is 5.92 Å². The van der Waals surface area contributed by atoms with E-state index in [9.17, 15) is 9.00 Å². The lowest BCUT2D eigenvalue weighted by atomic mass is 9.84. The van der Waals surface area contributed by atoms with Gasteiger partial charge in [0.1, 0.15) is 4.75 Å². The normalized spacial score (nSPS) is 26.1. The molecule has 0 N–H and O–H groups in total. The molecule has 1 saturated carbocycles. The van der Waals surface area contributed by atoms with Crippen LogP contribution in [-0.4, -0.2) is 26.9 Å². The molecule has 2 aromatic rings. The van der Waals surface area contributed by atoms with Gasteiger partial charge in [-0.1, -0.05) is 42.3 Å². The van der Waals surface area contributed by atoms with Crippen LogP contribution in [0.5, 0.6) is 0 Å². The predicted octanol–water partition coefficient (Wildman–Crippen LogP) is 6.87. The van der Waals surface area contributed by atoms with E-state index < -0.39 is 26.7 Å². The van der Waals surface area contributed by atoms with Crippen molar-refractivity contribution in [1.82, 2.24) is 0 Å². The van der Waals surface area contributed by atoms with Crippen LogP contribution in [0.15, 0.2) is 45.7 Å². The van der Waals surface area contributed by atoms with Crippen molar-refractivity contribution >= 4 is 34.2 Å². The number of aryl methyl sites for hydroxylation is 3. The fraction of sp³-hybridized carbons (Fsp3) is 0.481. The SMILES string of the molecule is CCC1CCC(S(=O)c2ccc(C3=NSC(c4cc(C)cc(C)c4)(C(C)(F)F)C3)cc2C)C1=O. The van der Waals surface area contributed by atoms with E-state index >= 15 is 8.78 Å². The Kier molecular flexibility index (Phi) is 6.91. The zero-order valence-electron chi connectivity index (χ0n) is 20.3. The van der Waals surface area contributed by atoms with E-state index in [2.05, 4.69) is 4.40 Å². The Morgan fingerprint density at radius 2 is 1.79 bits per heavy atom. The predicted molar refractivity (Wildman–Crippen MR) is 136 cm³/mol. The highest BCUT2D eigenvalue weighted by Gasteiger charge is 2.56.